The second kappa shape index (κ2) is 11.2. The van der Waals surface area contributed by atoms with E-state index in [4.69, 9.17) is 18.5 Å². The number of rotatable bonds is 11. The molecule has 0 fully saturated rings. The maximum atomic E-state index is 13.5. The van der Waals surface area contributed by atoms with Crippen molar-refractivity contribution < 1.29 is 27.9 Å². The van der Waals surface area contributed by atoms with Crippen LogP contribution in [0, 0.1) is 0 Å². The zero-order valence-electron chi connectivity index (χ0n) is 21.9. The first-order valence-corrected chi connectivity index (χ1v) is 12.9. The fraction of sp³-hybridized carbons (Fsp3) is 0.625. The van der Waals surface area contributed by atoms with E-state index in [2.05, 4.69) is 9.99 Å². The average molecular weight is 498 g/mol. The van der Waals surface area contributed by atoms with Gasteiger partial charge in [0.05, 0.1) is 18.2 Å². The van der Waals surface area contributed by atoms with Crippen molar-refractivity contribution in [2.24, 2.45) is 0 Å². The van der Waals surface area contributed by atoms with Gasteiger partial charge in [-0.15, -0.1) is 0 Å². The van der Waals surface area contributed by atoms with E-state index in [-0.39, 0.29) is 13.3 Å². The molecule has 0 saturated carbocycles. The molecule has 1 atom stereocenters. The van der Waals surface area contributed by atoms with Crippen molar-refractivity contribution in [3.8, 4) is 5.75 Å². The SMILES string of the molecule is COc1ccc2c(c1)c(CCN(C)C)cn2COP(=O)(NCC(=O)OC(C)(C)C)OC(C)(C)C. The maximum Gasteiger partial charge on any atom is 0.408 e. The van der Waals surface area contributed by atoms with Crippen LogP contribution in [0.5, 0.6) is 5.75 Å². The normalized spacial score (nSPS) is 14.4. The molecule has 1 aromatic carbocycles. The van der Waals surface area contributed by atoms with Crippen molar-refractivity contribution in [1.29, 1.82) is 0 Å². The Balaban J connectivity index is 2.26. The number of esters is 1. The predicted octanol–water partition coefficient (Wildman–Crippen LogP) is 4.58. The van der Waals surface area contributed by atoms with Crippen LogP contribution in [0.15, 0.2) is 24.4 Å². The second-order valence-electron chi connectivity index (χ2n) is 10.4. The zero-order chi connectivity index (χ0) is 25.7. The summed E-state index contributed by atoms with van der Waals surface area (Å²) in [6.45, 7) is 11.2. The quantitative estimate of drug-likeness (QED) is 0.356. The molecule has 0 saturated heterocycles. The molecule has 0 radical (unpaired) electrons. The summed E-state index contributed by atoms with van der Waals surface area (Å²) in [6.07, 6.45) is 2.82. The van der Waals surface area contributed by atoms with Crippen molar-refractivity contribution in [3.63, 3.8) is 0 Å². The standard InChI is InChI=1S/C24H40N3O6P/c1-23(2,3)32-22(28)15-25-34(29,33-24(4,5)6)31-17-27-16-18(12-13-26(7)8)20-14-19(30-9)10-11-21(20)27/h10-11,14,16H,12-13,15,17H2,1-9H3,(H,25,29). The fourth-order valence-corrected chi connectivity index (χ4v) is 4.80. The topological polar surface area (TPSA) is 91.3 Å². The van der Waals surface area contributed by atoms with Crippen LogP contribution in [0.3, 0.4) is 0 Å². The van der Waals surface area contributed by atoms with Gasteiger partial charge in [-0.2, -0.15) is 0 Å². The summed E-state index contributed by atoms with van der Waals surface area (Å²) in [5.74, 6) is 0.219. The van der Waals surface area contributed by atoms with Crippen molar-refractivity contribution in [3.05, 3.63) is 30.0 Å². The molecule has 0 bridgehead atoms. The van der Waals surface area contributed by atoms with Crippen LogP contribution in [-0.2, 0) is 36.3 Å². The van der Waals surface area contributed by atoms with Gasteiger partial charge >= 0.3 is 13.7 Å². The predicted molar refractivity (Wildman–Crippen MR) is 134 cm³/mol. The van der Waals surface area contributed by atoms with Crippen molar-refractivity contribution in [2.45, 2.75) is 65.9 Å². The zero-order valence-corrected chi connectivity index (χ0v) is 22.8. The van der Waals surface area contributed by atoms with E-state index in [9.17, 15) is 9.36 Å². The highest BCUT2D eigenvalue weighted by Gasteiger charge is 2.32. The van der Waals surface area contributed by atoms with Gasteiger partial charge in [0.2, 0.25) is 0 Å². The summed E-state index contributed by atoms with van der Waals surface area (Å²) in [5.41, 5.74) is 0.630. The van der Waals surface area contributed by atoms with E-state index < -0.39 is 24.9 Å². The Morgan fingerprint density at radius 3 is 2.35 bits per heavy atom. The Labute approximate surface area is 203 Å². The molecular weight excluding hydrogens is 457 g/mol. The molecule has 9 nitrogen and oxygen atoms in total. The van der Waals surface area contributed by atoms with Crippen LogP contribution >= 0.6 is 7.75 Å². The van der Waals surface area contributed by atoms with Crippen LogP contribution in [0.25, 0.3) is 10.9 Å². The van der Waals surface area contributed by atoms with Crippen LogP contribution in [0.1, 0.15) is 47.1 Å². The number of likely N-dealkylation sites (N-methyl/N-ethyl adjacent to an activating group) is 1. The molecule has 0 spiro atoms. The first kappa shape index (κ1) is 28.3. The van der Waals surface area contributed by atoms with Crippen LogP contribution in [0.2, 0.25) is 0 Å². The van der Waals surface area contributed by atoms with E-state index in [1.54, 1.807) is 48.7 Å². The van der Waals surface area contributed by atoms with Gasteiger partial charge in [-0.1, -0.05) is 0 Å². The third kappa shape index (κ3) is 9.04. The third-order valence-corrected chi connectivity index (χ3v) is 6.39. The van der Waals surface area contributed by atoms with Gasteiger partial charge in [-0.05, 0) is 85.8 Å². The lowest BCUT2D eigenvalue weighted by Crippen LogP contribution is -2.32. The van der Waals surface area contributed by atoms with E-state index in [1.807, 2.05) is 43.1 Å². The minimum absolute atomic E-state index is 0.0283. The Hall–Kier alpha value is -1.90. The Bertz CT molecular complexity index is 1020. The number of ether oxygens (including phenoxy) is 2. The number of fused-ring (bicyclic) bond motifs is 1. The van der Waals surface area contributed by atoms with Crippen molar-refractivity contribution >= 4 is 24.6 Å². The molecule has 192 valence electrons. The number of carbonyl (C=O) groups is 1. The highest BCUT2D eigenvalue weighted by molar-refractivity contribution is 7.51. The van der Waals surface area contributed by atoms with E-state index in [0.29, 0.717) is 0 Å². The number of aromatic nitrogens is 1. The number of benzene rings is 1. The van der Waals surface area contributed by atoms with E-state index in [0.717, 1.165) is 35.2 Å². The lowest BCUT2D eigenvalue weighted by atomic mass is 10.1. The summed E-state index contributed by atoms with van der Waals surface area (Å²) in [4.78, 5) is 14.3. The van der Waals surface area contributed by atoms with Crippen LogP contribution in [-0.4, -0.2) is 60.9 Å². The van der Waals surface area contributed by atoms with E-state index in [1.165, 1.54) is 0 Å². The number of nitrogens with one attached hydrogen (secondary N) is 1. The van der Waals surface area contributed by atoms with E-state index >= 15 is 0 Å². The number of hydrogen-bond donors (Lipinski definition) is 1. The Morgan fingerprint density at radius 1 is 1.12 bits per heavy atom. The monoisotopic (exact) mass is 497 g/mol. The molecule has 1 N–H and O–H groups in total. The van der Waals surface area contributed by atoms with Gasteiger partial charge in [0.25, 0.3) is 0 Å². The fourth-order valence-electron chi connectivity index (χ4n) is 3.27. The summed E-state index contributed by atoms with van der Waals surface area (Å²) in [7, 11) is 1.84. The molecule has 2 aromatic rings. The molecule has 1 heterocycles. The number of nitrogens with zero attached hydrogens (tertiary/aromatic N) is 2. The van der Waals surface area contributed by atoms with Crippen molar-refractivity contribution in [1.82, 2.24) is 14.6 Å². The van der Waals surface area contributed by atoms with Crippen molar-refractivity contribution in [2.75, 3.05) is 34.3 Å². The third-order valence-electron chi connectivity index (χ3n) is 4.60. The maximum absolute atomic E-state index is 13.5. The molecule has 10 heteroatoms. The summed E-state index contributed by atoms with van der Waals surface area (Å²) < 4.78 is 37.7. The highest BCUT2D eigenvalue weighted by Crippen LogP contribution is 2.48. The summed E-state index contributed by atoms with van der Waals surface area (Å²) in [6, 6.07) is 5.81. The minimum Gasteiger partial charge on any atom is -0.497 e. The first-order chi connectivity index (χ1) is 15.6. The lowest BCUT2D eigenvalue weighted by molar-refractivity contribution is -0.153. The van der Waals surface area contributed by atoms with Gasteiger partial charge in [0, 0.05) is 18.1 Å². The minimum atomic E-state index is -3.85. The van der Waals surface area contributed by atoms with Crippen LogP contribution in [0.4, 0.5) is 0 Å². The molecule has 0 aliphatic rings. The molecule has 1 unspecified atom stereocenters. The molecule has 0 aliphatic carbocycles. The molecule has 1 aromatic heterocycles. The average Bonchev–Trinajstić information content (AvgIpc) is 3.04. The number of methoxy groups -OCH3 is 1. The molecule has 0 aliphatic heterocycles. The number of carbonyl (C=O) groups excluding carboxylic acids is 1. The molecule has 2 rings (SSSR count). The first-order valence-electron chi connectivity index (χ1n) is 11.3. The Kier molecular flexibility index (Phi) is 9.36. The van der Waals surface area contributed by atoms with Gasteiger partial charge in [0.1, 0.15) is 24.6 Å². The summed E-state index contributed by atoms with van der Waals surface area (Å²) in [5, 5.41) is 3.69. The lowest BCUT2D eigenvalue weighted by Gasteiger charge is -2.28. The largest absolute Gasteiger partial charge is 0.497 e. The van der Waals surface area contributed by atoms with Gasteiger partial charge in [0.15, 0.2) is 0 Å². The van der Waals surface area contributed by atoms with Gasteiger partial charge in [-0.25, -0.2) is 9.65 Å². The second-order valence-corrected chi connectivity index (χ2v) is 12.2. The molecule has 34 heavy (non-hydrogen) atoms. The van der Waals surface area contributed by atoms with Crippen LogP contribution < -0.4 is 9.82 Å². The molecular formula is C24H40N3O6P. The smallest absolute Gasteiger partial charge is 0.408 e. The highest BCUT2D eigenvalue weighted by atomic mass is 31.2. The summed E-state index contributed by atoms with van der Waals surface area (Å²) >= 11 is 0. The molecule has 0 amide bonds. The number of hydrogen-bond acceptors (Lipinski definition) is 7. The Morgan fingerprint density at radius 2 is 1.79 bits per heavy atom. The van der Waals surface area contributed by atoms with Gasteiger partial charge in [-0.3, -0.25) is 13.8 Å². The van der Waals surface area contributed by atoms with Gasteiger partial charge < -0.3 is 18.9 Å².